The second-order valence-electron chi connectivity index (χ2n) is 2.41. The van der Waals surface area contributed by atoms with Gasteiger partial charge in [0.2, 0.25) is 0 Å². The summed E-state index contributed by atoms with van der Waals surface area (Å²) in [6.45, 7) is 1.73. The molecular weight excluding hydrogens is 160 g/mol. The van der Waals surface area contributed by atoms with Crippen molar-refractivity contribution >= 4 is 0 Å². The molecule has 0 radical (unpaired) electrons. The Morgan fingerprint density at radius 1 is 1.50 bits per heavy atom. The highest BCUT2D eigenvalue weighted by molar-refractivity contribution is 5.06. The van der Waals surface area contributed by atoms with Crippen LogP contribution in [0, 0.1) is 0 Å². The van der Waals surface area contributed by atoms with Crippen LogP contribution in [0.2, 0.25) is 0 Å². The predicted octanol–water partition coefficient (Wildman–Crippen LogP) is -0.229. The molecule has 0 spiro atoms. The van der Waals surface area contributed by atoms with E-state index < -0.39 is 11.2 Å². The number of H-pyrrole nitrogens is 2. The summed E-state index contributed by atoms with van der Waals surface area (Å²) in [5.74, 6) is 0. The average molecular weight is 170 g/mol. The van der Waals surface area contributed by atoms with Crippen molar-refractivity contribution in [2.75, 3.05) is 7.11 Å². The smallest absolute Gasteiger partial charge is 0.325 e. The van der Waals surface area contributed by atoms with Gasteiger partial charge < -0.3 is 9.72 Å². The molecule has 1 atom stereocenters. The Bertz CT molecular complexity index is 365. The SMILES string of the molecule is COC(C)c1c[nH]c(=O)[nH]c1=O. The van der Waals surface area contributed by atoms with Gasteiger partial charge in [-0.3, -0.25) is 9.78 Å². The molecule has 0 aromatic carbocycles. The van der Waals surface area contributed by atoms with Gasteiger partial charge in [0.25, 0.3) is 5.56 Å². The lowest BCUT2D eigenvalue weighted by molar-refractivity contribution is 0.118. The van der Waals surface area contributed by atoms with Crippen molar-refractivity contribution in [1.29, 1.82) is 0 Å². The molecule has 12 heavy (non-hydrogen) atoms. The van der Waals surface area contributed by atoms with E-state index in [9.17, 15) is 9.59 Å². The second-order valence-corrected chi connectivity index (χ2v) is 2.41. The second kappa shape index (κ2) is 3.36. The topological polar surface area (TPSA) is 75.0 Å². The van der Waals surface area contributed by atoms with E-state index in [1.807, 2.05) is 0 Å². The van der Waals surface area contributed by atoms with Gasteiger partial charge in [-0.1, -0.05) is 0 Å². The molecule has 1 unspecified atom stereocenters. The lowest BCUT2D eigenvalue weighted by atomic mass is 10.2. The van der Waals surface area contributed by atoms with Gasteiger partial charge in [0.1, 0.15) is 0 Å². The summed E-state index contributed by atoms with van der Waals surface area (Å²) < 4.78 is 4.91. The van der Waals surface area contributed by atoms with E-state index in [2.05, 4.69) is 9.97 Å². The van der Waals surface area contributed by atoms with Crippen molar-refractivity contribution in [3.8, 4) is 0 Å². The highest BCUT2D eigenvalue weighted by atomic mass is 16.5. The Labute approximate surface area is 68.4 Å². The Balaban J connectivity index is 3.19. The molecule has 0 fully saturated rings. The van der Waals surface area contributed by atoms with Gasteiger partial charge in [-0.25, -0.2) is 4.79 Å². The molecule has 1 rings (SSSR count). The molecular formula is C7H10N2O3. The van der Waals surface area contributed by atoms with E-state index in [1.165, 1.54) is 13.3 Å². The number of aromatic amines is 2. The zero-order valence-electron chi connectivity index (χ0n) is 6.88. The number of hydrogen-bond donors (Lipinski definition) is 2. The summed E-state index contributed by atoms with van der Waals surface area (Å²) >= 11 is 0. The van der Waals surface area contributed by atoms with Crippen molar-refractivity contribution in [3.05, 3.63) is 32.6 Å². The third kappa shape index (κ3) is 1.62. The maximum atomic E-state index is 11.1. The summed E-state index contributed by atoms with van der Waals surface area (Å²) in [6.07, 6.45) is 1.04. The number of ether oxygens (including phenoxy) is 1. The van der Waals surface area contributed by atoms with Crippen molar-refractivity contribution in [2.24, 2.45) is 0 Å². The Kier molecular flexibility index (Phi) is 2.44. The summed E-state index contributed by atoms with van der Waals surface area (Å²) in [4.78, 5) is 26.2. The van der Waals surface area contributed by atoms with Crippen LogP contribution in [0.25, 0.3) is 0 Å². The van der Waals surface area contributed by atoms with Crippen LogP contribution in [-0.4, -0.2) is 17.1 Å². The van der Waals surface area contributed by atoms with Gasteiger partial charge in [0, 0.05) is 13.3 Å². The molecule has 0 saturated carbocycles. The minimum absolute atomic E-state index is 0.314. The standard InChI is InChI=1S/C7H10N2O3/c1-4(12-2)5-3-8-7(11)9-6(5)10/h3-4H,1-2H3,(H2,8,9,10,11). The highest BCUT2D eigenvalue weighted by Gasteiger charge is 2.07. The van der Waals surface area contributed by atoms with Crippen LogP contribution in [0.15, 0.2) is 15.8 Å². The number of aromatic nitrogens is 2. The van der Waals surface area contributed by atoms with E-state index in [1.54, 1.807) is 6.92 Å². The summed E-state index contributed by atoms with van der Waals surface area (Å²) in [7, 11) is 1.50. The molecule has 0 aliphatic carbocycles. The molecule has 1 aromatic rings. The quantitative estimate of drug-likeness (QED) is 0.643. The minimum atomic E-state index is -0.507. The van der Waals surface area contributed by atoms with Crippen LogP contribution in [0.5, 0.6) is 0 Å². The van der Waals surface area contributed by atoms with E-state index in [0.29, 0.717) is 5.56 Å². The van der Waals surface area contributed by atoms with Crippen LogP contribution in [0.1, 0.15) is 18.6 Å². The van der Waals surface area contributed by atoms with Crippen LogP contribution in [0.3, 0.4) is 0 Å². The fraction of sp³-hybridized carbons (Fsp3) is 0.429. The molecule has 5 heteroatoms. The molecule has 5 nitrogen and oxygen atoms in total. The average Bonchev–Trinajstić information content (AvgIpc) is 2.03. The van der Waals surface area contributed by atoms with Crippen LogP contribution >= 0.6 is 0 Å². The molecule has 66 valence electrons. The van der Waals surface area contributed by atoms with Gasteiger partial charge in [0.05, 0.1) is 11.7 Å². The molecule has 0 amide bonds. The number of hydrogen-bond acceptors (Lipinski definition) is 3. The third-order valence-electron chi connectivity index (χ3n) is 1.64. The summed E-state index contributed by atoms with van der Waals surface area (Å²) in [5, 5.41) is 0. The van der Waals surface area contributed by atoms with Crippen LogP contribution < -0.4 is 11.2 Å². The monoisotopic (exact) mass is 170 g/mol. The maximum Gasteiger partial charge on any atom is 0.325 e. The molecule has 1 aromatic heterocycles. The largest absolute Gasteiger partial charge is 0.377 e. The first-order valence-corrected chi connectivity index (χ1v) is 3.50. The Hall–Kier alpha value is -1.36. The molecule has 1 heterocycles. The van der Waals surface area contributed by atoms with Crippen molar-refractivity contribution in [2.45, 2.75) is 13.0 Å². The molecule has 0 saturated heterocycles. The zero-order valence-corrected chi connectivity index (χ0v) is 6.88. The van der Waals surface area contributed by atoms with E-state index >= 15 is 0 Å². The minimum Gasteiger partial charge on any atom is -0.377 e. The van der Waals surface area contributed by atoms with E-state index in [4.69, 9.17) is 4.74 Å². The first kappa shape index (κ1) is 8.73. The molecule has 0 aliphatic heterocycles. The van der Waals surface area contributed by atoms with Gasteiger partial charge in [-0.2, -0.15) is 0 Å². The van der Waals surface area contributed by atoms with Crippen LogP contribution in [0.4, 0.5) is 0 Å². The normalized spacial score (nSPS) is 12.8. The lowest BCUT2D eigenvalue weighted by Crippen LogP contribution is -2.25. The molecule has 0 aliphatic rings. The van der Waals surface area contributed by atoms with Gasteiger partial charge in [0.15, 0.2) is 0 Å². The fourth-order valence-corrected chi connectivity index (χ4v) is 0.849. The van der Waals surface area contributed by atoms with E-state index in [0.717, 1.165) is 0 Å². The number of methoxy groups -OCH3 is 1. The van der Waals surface area contributed by atoms with Crippen LogP contribution in [-0.2, 0) is 4.74 Å². The van der Waals surface area contributed by atoms with Gasteiger partial charge in [-0.05, 0) is 6.92 Å². The van der Waals surface area contributed by atoms with Gasteiger partial charge in [-0.15, -0.1) is 0 Å². The van der Waals surface area contributed by atoms with Crippen molar-refractivity contribution in [3.63, 3.8) is 0 Å². The van der Waals surface area contributed by atoms with Crippen molar-refractivity contribution in [1.82, 2.24) is 9.97 Å². The Morgan fingerprint density at radius 2 is 2.17 bits per heavy atom. The number of nitrogens with one attached hydrogen (secondary N) is 2. The predicted molar refractivity (Wildman–Crippen MR) is 43.1 cm³/mol. The first-order chi connectivity index (χ1) is 5.65. The fourth-order valence-electron chi connectivity index (χ4n) is 0.849. The summed E-state index contributed by atoms with van der Waals surface area (Å²) in [5.41, 5.74) is -0.503. The zero-order chi connectivity index (χ0) is 9.14. The first-order valence-electron chi connectivity index (χ1n) is 3.50. The van der Waals surface area contributed by atoms with Crippen molar-refractivity contribution < 1.29 is 4.74 Å². The molecule has 0 bridgehead atoms. The Morgan fingerprint density at radius 3 is 2.67 bits per heavy atom. The van der Waals surface area contributed by atoms with E-state index in [-0.39, 0.29) is 6.10 Å². The highest BCUT2D eigenvalue weighted by Crippen LogP contribution is 2.07. The molecule has 2 N–H and O–H groups in total. The van der Waals surface area contributed by atoms with Gasteiger partial charge >= 0.3 is 5.69 Å². The lowest BCUT2D eigenvalue weighted by Gasteiger charge is -2.06. The maximum absolute atomic E-state index is 11.1. The number of rotatable bonds is 2. The summed E-state index contributed by atoms with van der Waals surface area (Å²) in [6, 6.07) is 0. The third-order valence-corrected chi connectivity index (χ3v) is 1.64.